The second-order valence-electron chi connectivity index (χ2n) is 8.21. The maximum absolute atomic E-state index is 13.1. The first kappa shape index (κ1) is 18.8. The Morgan fingerprint density at radius 3 is 2.46 bits per heavy atom. The Hall–Kier alpha value is -2.55. The molecule has 8 nitrogen and oxygen atoms in total. The Kier molecular flexibility index (Phi) is 4.57. The number of aromatic nitrogens is 5. The van der Waals surface area contributed by atoms with Crippen LogP contribution in [-0.2, 0) is 27.5 Å². The summed E-state index contributed by atoms with van der Waals surface area (Å²) in [7, 11) is -3.78. The Balaban J connectivity index is 1.66. The number of hydrogen-bond donors (Lipinski definition) is 0. The molecule has 0 aliphatic heterocycles. The van der Waals surface area contributed by atoms with Gasteiger partial charge in [0.2, 0.25) is 15.7 Å². The lowest BCUT2D eigenvalue weighted by atomic mass is 9.97. The summed E-state index contributed by atoms with van der Waals surface area (Å²) in [4.78, 5) is 4.25. The van der Waals surface area contributed by atoms with Crippen LogP contribution in [0, 0.1) is 0 Å². The summed E-state index contributed by atoms with van der Waals surface area (Å²) in [6.45, 7) is 6.19. The average Bonchev–Trinajstić information content (AvgIpc) is 3.20. The Bertz CT molecular complexity index is 1080. The molecule has 0 saturated heterocycles. The lowest BCUT2D eigenvalue weighted by Gasteiger charge is -2.11. The van der Waals surface area contributed by atoms with Gasteiger partial charge in [0.05, 0.1) is 6.54 Å². The molecule has 28 heavy (non-hydrogen) atoms. The van der Waals surface area contributed by atoms with Crippen molar-refractivity contribution in [1.82, 2.24) is 24.9 Å². The molecule has 0 radical (unpaired) electrons. The van der Waals surface area contributed by atoms with Gasteiger partial charge in [-0.3, -0.25) is 4.57 Å². The van der Waals surface area contributed by atoms with Gasteiger partial charge in [-0.25, -0.2) is 8.42 Å². The molecule has 9 heteroatoms. The van der Waals surface area contributed by atoms with Crippen molar-refractivity contribution in [2.45, 2.75) is 62.4 Å². The second-order valence-corrected chi connectivity index (χ2v) is 10.1. The van der Waals surface area contributed by atoms with Gasteiger partial charge >= 0.3 is 0 Å². The van der Waals surface area contributed by atoms with Crippen LogP contribution in [0.25, 0.3) is 0 Å². The summed E-state index contributed by atoms with van der Waals surface area (Å²) in [6, 6.07) is 9.71. The van der Waals surface area contributed by atoms with Gasteiger partial charge in [0.25, 0.3) is 5.16 Å². The normalized spacial score (nSPS) is 15.1. The van der Waals surface area contributed by atoms with E-state index in [4.69, 9.17) is 4.52 Å². The monoisotopic (exact) mass is 401 g/mol. The van der Waals surface area contributed by atoms with Crippen LogP contribution in [0.15, 0.2) is 40.0 Å². The fourth-order valence-corrected chi connectivity index (χ4v) is 4.19. The second kappa shape index (κ2) is 6.80. The van der Waals surface area contributed by atoms with E-state index in [0.29, 0.717) is 12.4 Å². The summed E-state index contributed by atoms with van der Waals surface area (Å²) in [5, 5.41) is 12.0. The number of hydrogen-bond acceptors (Lipinski definition) is 7. The summed E-state index contributed by atoms with van der Waals surface area (Å²) < 4.78 is 33.1. The highest BCUT2D eigenvalue weighted by Gasteiger charge is 2.34. The van der Waals surface area contributed by atoms with Crippen LogP contribution in [0.4, 0.5) is 0 Å². The van der Waals surface area contributed by atoms with E-state index in [2.05, 4.69) is 20.3 Å². The number of nitrogens with zero attached hydrogens (tertiary/aromatic N) is 5. The Morgan fingerprint density at radius 1 is 1.14 bits per heavy atom. The predicted octanol–water partition coefficient (Wildman–Crippen LogP) is 2.86. The minimum absolute atomic E-state index is 0.0413. The van der Waals surface area contributed by atoms with E-state index in [-0.39, 0.29) is 28.1 Å². The highest BCUT2D eigenvalue weighted by atomic mass is 32.2. The molecule has 0 N–H and O–H groups in total. The van der Waals surface area contributed by atoms with Gasteiger partial charge in [-0.05, 0) is 18.4 Å². The Morgan fingerprint density at radius 2 is 1.86 bits per heavy atom. The fourth-order valence-electron chi connectivity index (χ4n) is 2.94. The average molecular weight is 401 g/mol. The minimum atomic E-state index is -3.78. The fraction of sp³-hybridized carbons (Fsp3) is 0.474. The van der Waals surface area contributed by atoms with E-state index in [1.54, 1.807) is 4.57 Å². The van der Waals surface area contributed by atoms with Gasteiger partial charge in [0.15, 0.2) is 5.82 Å². The minimum Gasteiger partial charge on any atom is -0.339 e. The predicted molar refractivity (Wildman–Crippen MR) is 101 cm³/mol. The smallest absolute Gasteiger partial charge is 0.250 e. The van der Waals surface area contributed by atoms with Gasteiger partial charge in [0.1, 0.15) is 11.6 Å². The van der Waals surface area contributed by atoms with E-state index in [0.717, 1.165) is 24.2 Å². The van der Waals surface area contributed by atoms with Crippen LogP contribution in [0.5, 0.6) is 0 Å². The van der Waals surface area contributed by atoms with Crippen molar-refractivity contribution in [3.63, 3.8) is 0 Å². The molecule has 0 spiro atoms. The third-order valence-corrected chi connectivity index (χ3v) is 6.08. The molecule has 1 aliphatic carbocycles. The summed E-state index contributed by atoms with van der Waals surface area (Å²) in [5.41, 5.74) is 0.650. The molecule has 1 aliphatic rings. The Labute approximate surface area is 163 Å². The van der Waals surface area contributed by atoms with Crippen LogP contribution in [-0.4, -0.2) is 33.3 Å². The first-order valence-corrected chi connectivity index (χ1v) is 10.9. The maximum atomic E-state index is 13.1. The number of sulfone groups is 1. The lowest BCUT2D eigenvalue weighted by Crippen LogP contribution is -2.16. The van der Waals surface area contributed by atoms with Crippen LogP contribution < -0.4 is 0 Å². The van der Waals surface area contributed by atoms with E-state index < -0.39 is 9.84 Å². The molecule has 0 unspecified atom stereocenters. The van der Waals surface area contributed by atoms with Crippen LogP contribution in [0.3, 0.4) is 0 Å². The molecule has 1 fully saturated rings. The molecular formula is C19H23N5O3S. The van der Waals surface area contributed by atoms with Gasteiger partial charge in [-0.15, -0.1) is 10.2 Å². The number of rotatable bonds is 6. The van der Waals surface area contributed by atoms with Crippen LogP contribution in [0.2, 0.25) is 0 Å². The first-order chi connectivity index (χ1) is 13.2. The van der Waals surface area contributed by atoms with E-state index >= 15 is 0 Å². The third kappa shape index (κ3) is 3.84. The molecule has 3 aromatic rings. The van der Waals surface area contributed by atoms with Crippen molar-refractivity contribution in [3.05, 3.63) is 53.4 Å². The summed E-state index contributed by atoms with van der Waals surface area (Å²) >= 11 is 0. The topological polar surface area (TPSA) is 104 Å². The van der Waals surface area contributed by atoms with Crippen molar-refractivity contribution in [2.24, 2.45) is 0 Å². The molecule has 0 atom stereocenters. The summed E-state index contributed by atoms with van der Waals surface area (Å²) in [5.74, 6) is 1.17. The van der Waals surface area contributed by atoms with Crippen molar-refractivity contribution in [1.29, 1.82) is 0 Å². The van der Waals surface area contributed by atoms with Crippen molar-refractivity contribution < 1.29 is 12.9 Å². The van der Waals surface area contributed by atoms with Gasteiger partial charge in [0, 0.05) is 11.3 Å². The van der Waals surface area contributed by atoms with Crippen LogP contribution >= 0.6 is 0 Å². The highest BCUT2D eigenvalue weighted by molar-refractivity contribution is 7.90. The molecular weight excluding hydrogens is 378 g/mol. The van der Waals surface area contributed by atoms with Crippen molar-refractivity contribution >= 4 is 9.84 Å². The van der Waals surface area contributed by atoms with E-state index in [9.17, 15) is 8.42 Å². The zero-order chi connectivity index (χ0) is 19.9. The molecule has 148 valence electrons. The quantitative estimate of drug-likeness (QED) is 0.625. The molecule has 4 rings (SSSR count). The van der Waals surface area contributed by atoms with E-state index in [1.807, 2.05) is 51.1 Å². The molecule has 1 aromatic carbocycles. The lowest BCUT2D eigenvalue weighted by molar-refractivity contribution is 0.319. The molecule has 0 amide bonds. The highest BCUT2D eigenvalue weighted by Crippen LogP contribution is 2.40. The first-order valence-electron chi connectivity index (χ1n) is 9.27. The van der Waals surface area contributed by atoms with Crippen LogP contribution in [0.1, 0.15) is 62.6 Å². The molecule has 0 bridgehead atoms. The zero-order valence-corrected chi connectivity index (χ0v) is 17.0. The molecule has 2 aromatic heterocycles. The number of benzene rings is 1. The van der Waals surface area contributed by atoms with Gasteiger partial charge in [-0.1, -0.05) is 56.3 Å². The zero-order valence-electron chi connectivity index (χ0n) is 16.2. The SMILES string of the molecule is CC(C)(C)c1nc(CS(=O)(=O)c2nnc(C3CC3)n2Cc2ccccc2)no1. The van der Waals surface area contributed by atoms with Crippen molar-refractivity contribution in [2.75, 3.05) is 0 Å². The molecule has 1 saturated carbocycles. The van der Waals surface area contributed by atoms with Gasteiger partial charge < -0.3 is 4.52 Å². The standard InChI is InChI=1S/C19H23N5O3S/c1-19(2,3)17-20-15(23-27-17)12-28(25,26)18-22-21-16(14-9-10-14)24(18)11-13-7-5-4-6-8-13/h4-8,14H,9-12H2,1-3H3. The largest absolute Gasteiger partial charge is 0.339 e. The van der Waals surface area contributed by atoms with Crippen molar-refractivity contribution in [3.8, 4) is 0 Å². The molecule has 2 heterocycles. The van der Waals surface area contributed by atoms with E-state index in [1.165, 1.54) is 0 Å². The third-order valence-electron chi connectivity index (χ3n) is 4.58. The van der Waals surface area contributed by atoms with Gasteiger partial charge in [-0.2, -0.15) is 4.98 Å². The summed E-state index contributed by atoms with van der Waals surface area (Å²) in [6.07, 6.45) is 2.01. The maximum Gasteiger partial charge on any atom is 0.250 e.